The Bertz CT molecular complexity index is 426. The van der Waals surface area contributed by atoms with E-state index in [2.05, 4.69) is 50.5 Å². The lowest BCUT2D eigenvalue weighted by atomic mass is 10.1. The molecule has 0 bridgehead atoms. The summed E-state index contributed by atoms with van der Waals surface area (Å²) < 4.78 is 6.96. The molecule has 3 heterocycles. The maximum Gasteiger partial charge on any atom is 0.171 e. The topological polar surface area (TPSA) is 28.6 Å². The molecule has 4 nitrogen and oxygen atoms in total. The van der Waals surface area contributed by atoms with Crippen molar-refractivity contribution in [3.05, 3.63) is 15.8 Å². The van der Waals surface area contributed by atoms with Crippen molar-refractivity contribution in [1.82, 2.24) is 9.88 Å². The fourth-order valence-electron chi connectivity index (χ4n) is 2.58. The van der Waals surface area contributed by atoms with Crippen LogP contribution in [0.3, 0.4) is 0 Å². The third kappa shape index (κ3) is 2.22. The third-order valence-corrected chi connectivity index (χ3v) is 4.06. The van der Waals surface area contributed by atoms with Gasteiger partial charge in [-0.15, -0.1) is 0 Å². The lowest BCUT2D eigenvalue weighted by Crippen LogP contribution is -2.52. The molecule has 0 N–H and O–H groups in total. The maximum absolute atomic E-state index is 5.83. The number of piperazine rings is 1. The predicted molar refractivity (Wildman–Crippen MR) is 75.7 cm³/mol. The Balaban J connectivity index is 1.96. The minimum absolute atomic E-state index is 0.544. The molecule has 3 rings (SSSR count). The first-order valence-corrected chi connectivity index (χ1v) is 7.05. The van der Waals surface area contributed by atoms with Crippen LogP contribution < -0.4 is 9.64 Å². The molecule has 1 fully saturated rings. The summed E-state index contributed by atoms with van der Waals surface area (Å²) in [4.78, 5) is 9.37. The number of rotatable bonds is 0. The number of ether oxygens (including phenoxy) is 1. The Hall–Kier alpha value is -0.560. The lowest BCUT2D eigenvalue weighted by molar-refractivity contribution is 0.242. The van der Waals surface area contributed by atoms with Crippen molar-refractivity contribution in [2.75, 3.05) is 38.2 Å². The summed E-state index contributed by atoms with van der Waals surface area (Å²) in [6, 6.07) is 2.63. The summed E-state index contributed by atoms with van der Waals surface area (Å²) in [5.41, 5.74) is 0. The molecule has 0 unspecified atom stereocenters. The van der Waals surface area contributed by atoms with E-state index in [9.17, 15) is 0 Å². The maximum atomic E-state index is 5.83. The molecule has 0 radical (unpaired) electrons. The zero-order valence-electron chi connectivity index (χ0n) is 9.90. The van der Waals surface area contributed by atoms with Gasteiger partial charge in [0.2, 0.25) is 0 Å². The van der Waals surface area contributed by atoms with Crippen molar-refractivity contribution >= 4 is 28.4 Å². The van der Waals surface area contributed by atoms with Crippen molar-refractivity contribution in [3.8, 4) is 5.75 Å². The second-order valence-corrected chi connectivity index (χ2v) is 5.97. The molecule has 5 heteroatoms. The van der Waals surface area contributed by atoms with Gasteiger partial charge in [0.25, 0.3) is 0 Å². The molecular weight excluding hydrogens is 329 g/mol. The van der Waals surface area contributed by atoms with Crippen molar-refractivity contribution in [2.45, 2.75) is 12.5 Å². The molecule has 1 atom stereocenters. The highest BCUT2D eigenvalue weighted by Crippen LogP contribution is 2.33. The van der Waals surface area contributed by atoms with Crippen LogP contribution in [0.15, 0.2) is 12.3 Å². The van der Waals surface area contributed by atoms with Gasteiger partial charge in [-0.25, -0.2) is 4.98 Å². The van der Waals surface area contributed by atoms with Crippen LogP contribution in [-0.4, -0.2) is 49.2 Å². The van der Waals surface area contributed by atoms with Crippen LogP contribution in [0.2, 0.25) is 0 Å². The van der Waals surface area contributed by atoms with Crippen LogP contribution >= 0.6 is 22.6 Å². The highest BCUT2D eigenvalue weighted by molar-refractivity contribution is 14.1. The van der Waals surface area contributed by atoms with Gasteiger partial charge in [-0.1, -0.05) is 0 Å². The van der Waals surface area contributed by atoms with Crippen molar-refractivity contribution in [2.24, 2.45) is 0 Å². The van der Waals surface area contributed by atoms with Gasteiger partial charge in [-0.2, -0.15) is 0 Å². The van der Waals surface area contributed by atoms with E-state index in [0.717, 1.165) is 47.8 Å². The average molecular weight is 345 g/mol. The fourth-order valence-corrected chi connectivity index (χ4v) is 3.00. The second kappa shape index (κ2) is 4.61. The molecule has 0 saturated carbocycles. The van der Waals surface area contributed by atoms with Gasteiger partial charge in [0, 0.05) is 41.9 Å². The zero-order chi connectivity index (χ0) is 11.8. The highest BCUT2D eigenvalue weighted by atomic mass is 127. The highest BCUT2D eigenvalue weighted by Gasteiger charge is 2.30. The average Bonchev–Trinajstić information content (AvgIpc) is 2.47. The molecule has 0 aliphatic carbocycles. The first-order chi connectivity index (χ1) is 8.24. The monoisotopic (exact) mass is 345 g/mol. The van der Waals surface area contributed by atoms with E-state index in [4.69, 9.17) is 4.74 Å². The summed E-state index contributed by atoms with van der Waals surface area (Å²) in [6.45, 7) is 4.05. The second-order valence-electron chi connectivity index (χ2n) is 4.72. The van der Waals surface area contributed by atoms with Gasteiger partial charge in [-0.3, -0.25) is 0 Å². The number of fused-ring (bicyclic) bond motifs is 3. The first kappa shape index (κ1) is 11.5. The Kier molecular flexibility index (Phi) is 3.12. The molecule has 1 aromatic heterocycles. The molecular formula is C12H16IN3O. The number of aromatic nitrogens is 1. The molecule has 1 saturated heterocycles. The van der Waals surface area contributed by atoms with Crippen LogP contribution in [0.5, 0.6) is 5.75 Å². The van der Waals surface area contributed by atoms with E-state index >= 15 is 0 Å². The quantitative estimate of drug-likeness (QED) is 0.668. The van der Waals surface area contributed by atoms with Crippen molar-refractivity contribution in [1.29, 1.82) is 0 Å². The van der Waals surface area contributed by atoms with Crippen molar-refractivity contribution < 1.29 is 4.74 Å². The molecule has 92 valence electrons. The van der Waals surface area contributed by atoms with Gasteiger partial charge in [-0.05, 0) is 35.7 Å². The lowest BCUT2D eigenvalue weighted by Gasteiger charge is -2.39. The van der Waals surface area contributed by atoms with E-state index < -0.39 is 0 Å². The molecule has 0 spiro atoms. The first-order valence-electron chi connectivity index (χ1n) is 5.97. The fraction of sp³-hybridized carbons (Fsp3) is 0.583. The van der Waals surface area contributed by atoms with Crippen LogP contribution in [-0.2, 0) is 0 Å². The number of nitrogens with zero attached hydrogens (tertiary/aromatic N) is 3. The molecule has 0 amide bonds. The number of pyridine rings is 1. The van der Waals surface area contributed by atoms with Crippen LogP contribution in [0, 0.1) is 3.57 Å². The van der Waals surface area contributed by atoms with Gasteiger partial charge in [0.05, 0.1) is 6.61 Å². The number of halogens is 1. The molecule has 2 aliphatic heterocycles. The summed E-state index contributed by atoms with van der Waals surface area (Å²) >= 11 is 2.28. The number of hydrogen-bond acceptors (Lipinski definition) is 4. The van der Waals surface area contributed by atoms with E-state index in [1.165, 1.54) is 0 Å². The van der Waals surface area contributed by atoms with Gasteiger partial charge in [0.15, 0.2) is 11.6 Å². The predicted octanol–water partition coefficient (Wildman–Crippen LogP) is 1.59. The molecule has 0 aromatic carbocycles. The van der Waals surface area contributed by atoms with Crippen LogP contribution in [0.25, 0.3) is 0 Å². The molecule has 2 aliphatic rings. The third-order valence-electron chi connectivity index (χ3n) is 3.47. The summed E-state index contributed by atoms with van der Waals surface area (Å²) in [5, 5.41) is 0. The van der Waals surface area contributed by atoms with E-state index in [0.29, 0.717) is 6.04 Å². The van der Waals surface area contributed by atoms with E-state index in [1.54, 1.807) is 0 Å². The van der Waals surface area contributed by atoms with Crippen LogP contribution in [0.1, 0.15) is 6.42 Å². The Morgan fingerprint density at radius 2 is 2.35 bits per heavy atom. The standard InChI is InChI=1S/C12H16IN3O/c1-15-3-4-16-10(8-15)2-5-17-11-6-9(13)7-14-12(11)16/h6-7,10H,2-5,8H2,1H3/t10-/m1/s1. The molecule has 17 heavy (non-hydrogen) atoms. The summed E-state index contributed by atoms with van der Waals surface area (Å²) in [6.07, 6.45) is 3.00. The van der Waals surface area contributed by atoms with E-state index in [-0.39, 0.29) is 0 Å². The summed E-state index contributed by atoms with van der Waals surface area (Å²) in [5.74, 6) is 1.98. The largest absolute Gasteiger partial charge is 0.490 e. The van der Waals surface area contributed by atoms with Crippen LogP contribution in [0.4, 0.5) is 5.82 Å². The molecule has 1 aromatic rings. The van der Waals surface area contributed by atoms with Gasteiger partial charge >= 0.3 is 0 Å². The van der Waals surface area contributed by atoms with Crippen molar-refractivity contribution in [3.63, 3.8) is 0 Å². The minimum Gasteiger partial charge on any atom is -0.490 e. The minimum atomic E-state index is 0.544. The number of likely N-dealkylation sites (N-methyl/N-ethyl adjacent to an activating group) is 1. The number of anilines is 1. The Morgan fingerprint density at radius 3 is 3.24 bits per heavy atom. The Labute approximate surface area is 115 Å². The normalized spacial score (nSPS) is 24.6. The van der Waals surface area contributed by atoms with Gasteiger partial charge < -0.3 is 14.5 Å². The summed E-state index contributed by atoms with van der Waals surface area (Å²) in [7, 11) is 2.19. The van der Waals surface area contributed by atoms with E-state index in [1.807, 2.05) is 6.20 Å². The van der Waals surface area contributed by atoms with Gasteiger partial charge in [0.1, 0.15) is 0 Å². The SMILES string of the molecule is CN1CCN2c3ncc(I)cc3OCC[C@@H]2C1. The zero-order valence-corrected chi connectivity index (χ0v) is 12.1. The smallest absolute Gasteiger partial charge is 0.171 e. The Morgan fingerprint density at radius 1 is 1.47 bits per heavy atom. The number of hydrogen-bond donors (Lipinski definition) is 0.